The van der Waals surface area contributed by atoms with Gasteiger partial charge in [0.2, 0.25) is 6.79 Å². The summed E-state index contributed by atoms with van der Waals surface area (Å²) in [5.41, 5.74) is -0.218. The summed E-state index contributed by atoms with van der Waals surface area (Å²) < 4.78 is 15.4. The van der Waals surface area contributed by atoms with Crippen LogP contribution in [-0.4, -0.2) is 41.6 Å². The first kappa shape index (κ1) is 19.9. The molecule has 2 aliphatic heterocycles. The number of imide groups is 2. The van der Waals surface area contributed by atoms with Crippen LogP contribution in [0.4, 0.5) is 10.5 Å². The fourth-order valence-corrected chi connectivity index (χ4v) is 3.13. The number of urea groups is 1. The molecule has 4 amide bonds. The van der Waals surface area contributed by atoms with Crippen molar-refractivity contribution in [2.45, 2.75) is 6.54 Å². The molecule has 2 aromatic carbocycles. The number of benzene rings is 2. The van der Waals surface area contributed by atoms with Crippen LogP contribution in [0.25, 0.3) is 6.08 Å². The Morgan fingerprint density at radius 3 is 2.48 bits per heavy atom. The van der Waals surface area contributed by atoms with Gasteiger partial charge in [-0.15, -0.1) is 0 Å². The van der Waals surface area contributed by atoms with Crippen LogP contribution in [0.5, 0.6) is 17.2 Å². The molecule has 0 unspecified atom stereocenters. The van der Waals surface area contributed by atoms with Crippen molar-refractivity contribution in [1.29, 1.82) is 0 Å². The van der Waals surface area contributed by atoms with E-state index in [1.54, 1.807) is 24.3 Å². The van der Waals surface area contributed by atoms with Crippen molar-refractivity contribution in [2.24, 2.45) is 0 Å². The van der Waals surface area contributed by atoms with Gasteiger partial charge < -0.3 is 14.2 Å². The molecule has 0 aliphatic carbocycles. The number of methoxy groups -OCH3 is 1. The van der Waals surface area contributed by atoms with Gasteiger partial charge in [-0.25, -0.2) is 4.79 Å². The summed E-state index contributed by atoms with van der Waals surface area (Å²) in [6.07, 6.45) is 1.06. The lowest BCUT2D eigenvalue weighted by atomic mass is 10.0. The Labute approximate surface area is 174 Å². The maximum atomic E-state index is 12.9. The van der Waals surface area contributed by atoms with E-state index in [9.17, 15) is 24.5 Å². The molecule has 11 heteroatoms. The standard InChI is InChI=1S/C20H15N3O8/c1-29-13-4-2-11(3-5-13)9-22-19(25)14(18(24)21-20(22)26)6-12-7-16-17(31-10-30-16)8-15(12)23(27)28/h2-8H,9-10H2,1H3,(H,21,24,26). The largest absolute Gasteiger partial charge is 0.497 e. The summed E-state index contributed by atoms with van der Waals surface area (Å²) in [7, 11) is 1.51. The van der Waals surface area contributed by atoms with Crippen LogP contribution in [-0.2, 0) is 16.1 Å². The van der Waals surface area contributed by atoms with Crippen molar-refractivity contribution in [3.63, 3.8) is 0 Å². The smallest absolute Gasteiger partial charge is 0.331 e. The molecular formula is C20H15N3O8. The molecule has 1 N–H and O–H groups in total. The lowest BCUT2D eigenvalue weighted by Gasteiger charge is -2.26. The van der Waals surface area contributed by atoms with Gasteiger partial charge in [0.1, 0.15) is 11.3 Å². The Morgan fingerprint density at radius 1 is 1.16 bits per heavy atom. The van der Waals surface area contributed by atoms with Crippen molar-refractivity contribution >= 4 is 29.6 Å². The molecule has 4 rings (SSSR count). The number of ether oxygens (including phenoxy) is 3. The first-order valence-corrected chi connectivity index (χ1v) is 8.97. The average Bonchev–Trinajstić information content (AvgIpc) is 3.21. The molecule has 0 spiro atoms. The summed E-state index contributed by atoms with van der Waals surface area (Å²) in [5, 5.41) is 13.5. The quantitative estimate of drug-likeness (QED) is 0.332. The highest BCUT2D eigenvalue weighted by Crippen LogP contribution is 2.39. The molecule has 0 saturated carbocycles. The van der Waals surface area contributed by atoms with Crippen molar-refractivity contribution in [2.75, 3.05) is 13.9 Å². The number of hydrogen-bond acceptors (Lipinski definition) is 8. The van der Waals surface area contributed by atoms with Gasteiger partial charge in [-0.3, -0.25) is 29.9 Å². The maximum absolute atomic E-state index is 12.9. The minimum absolute atomic E-state index is 0.0357. The normalized spacial score (nSPS) is 16.5. The zero-order valence-electron chi connectivity index (χ0n) is 16.1. The molecular weight excluding hydrogens is 410 g/mol. The number of carbonyl (C=O) groups excluding carboxylic acids is 3. The van der Waals surface area contributed by atoms with Crippen LogP contribution in [0.3, 0.4) is 0 Å². The van der Waals surface area contributed by atoms with Crippen LogP contribution in [0.15, 0.2) is 42.0 Å². The topological polar surface area (TPSA) is 137 Å². The van der Waals surface area contributed by atoms with E-state index in [1.807, 2.05) is 0 Å². The second kappa shape index (κ2) is 7.78. The summed E-state index contributed by atoms with van der Waals surface area (Å²) in [6.45, 7) is -0.210. The molecule has 1 fully saturated rings. The number of fused-ring (bicyclic) bond motifs is 1. The van der Waals surface area contributed by atoms with Crippen molar-refractivity contribution in [1.82, 2.24) is 10.2 Å². The van der Waals surface area contributed by atoms with Gasteiger partial charge in [0, 0.05) is 0 Å². The Bertz CT molecular complexity index is 1140. The number of nitrogens with zero attached hydrogens (tertiary/aromatic N) is 2. The minimum Gasteiger partial charge on any atom is -0.497 e. The number of nitrogens with one attached hydrogen (secondary N) is 1. The molecule has 31 heavy (non-hydrogen) atoms. The molecule has 2 aromatic rings. The third-order valence-corrected chi connectivity index (χ3v) is 4.70. The van der Waals surface area contributed by atoms with Gasteiger partial charge in [0.25, 0.3) is 17.5 Å². The molecule has 11 nitrogen and oxygen atoms in total. The summed E-state index contributed by atoms with van der Waals surface area (Å²) in [4.78, 5) is 49.1. The molecule has 2 heterocycles. The van der Waals surface area contributed by atoms with Crippen LogP contribution in [0, 0.1) is 10.1 Å². The lowest BCUT2D eigenvalue weighted by molar-refractivity contribution is -0.385. The van der Waals surface area contributed by atoms with Gasteiger partial charge >= 0.3 is 6.03 Å². The second-order valence-electron chi connectivity index (χ2n) is 6.58. The van der Waals surface area contributed by atoms with E-state index in [-0.39, 0.29) is 36.1 Å². The molecule has 158 valence electrons. The number of amides is 4. The van der Waals surface area contributed by atoms with E-state index < -0.39 is 28.3 Å². The number of nitro benzene ring substituents is 1. The molecule has 0 radical (unpaired) electrons. The molecule has 0 atom stereocenters. The van der Waals surface area contributed by atoms with Crippen molar-refractivity contribution in [3.8, 4) is 17.2 Å². The van der Waals surface area contributed by atoms with E-state index in [0.717, 1.165) is 17.0 Å². The van der Waals surface area contributed by atoms with E-state index in [0.29, 0.717) is 11.3 Å². The highest BCUT2D eigenvalue weighted by molar-refractivity contribution is 6.31. The predicted molar refractivity (Wildman–Crippen MR) is 104 cm³/mol. The molecule has 2 aliphatic rings. The van der Waals surface area contributed by atoms with Crippen LogP contribution < -0.4 is 19.5 Å². The maximum Gasteiger partial charge on any atom is 0.331 e. The fraction of sp³-hybridized carbons (Fsp3) is 0.150. The molecule has 0 aromatic heterocycles. The summed E-state index contributed by atoms with van der Waals surface area (Å²) >= 11 is 0. The highest BCUT2D eigenvalue weighted by Gasteiger charge is 2.36. The Morgan fingerprint density at radius 2 is 1.84 bits per heavy atom. The van der Waals surface area contributed by atoms with Gasteiger partial charge in [-0.05, 0) is 29.8 Å². The van der Waals surface area contributed by atoms with Crippen LogP contribution >= 0.6 is 0 Å². The van der Waals surface area contributed by atoms with Crippen LogP contribution in [0.2, 0.25) is 0 Å². The Balaban J connectivity index is 1.68. The SMILES string of the molecule is COc1ccc(CN2C(=O)NC(=O)C(=Cc3cc4c(cc3[N+](=O)[O-])OCO4)C2=O)cc1. The molecule has 0 bridgehead atoms. The predicted octanol–water partition coefficient (Wildman–Crippen LogP) is 1.99. The van der Waals surface area contributed by atoms with E-state index >= 15 is 0 Å². The first-order valence-electron chi connectivity index (χ1n) is 8.97. The zero-order chi connectivity index (χ0) is 22.1. The monoisotopic (exact) mass is 425 g/mol. The van der Waals surface area contributed by atoms with E-state index in [2.05, 4.69) is 5.32 Å². The minimum atomic E-state index is -0.951. The fourth-order valence-electron chi connectivity index (χ4n) is 3.13. The lowest BCUT2D eigenvalue weighted by Crippen LogP contribution is -2.53. The van der Waals surface area contributed by atoms with E-state index in [4.69, 9.17) is 14.2 Å². The van der Waals surface area contributed by atoms with Gasteiger partial charge in [-0.1, -0.05) is 12.1 Å². The van der Waals surface area contributed by atoms with E-state index in [1.165, 1.54) is 13.2 Å². The van der Waals surface area contributed by atoms with Gasteiger partial charge in [0.05, 0.1) is 30.2 Å². The first-order chi connectivity index (χ1) is 14.9. The number of carbonyl (C=O) groups is 3. The number of rotatable bonds is 5. The Kier molecular flexibility index (Phi) is 4.99. The third kappa shape index (κ3) is 3.75. The third-order valence-electron chi connectivity index (χ3n) is 4.70. The average molecular weight is 425 g/mol. The highest BCUT2D eigenvalue weighted by atomic mass is 16.7. The van der Waals surface area contributed by atoms with Gasteiger partial charge in [-0.2, -0.15) is 0 Å². The number of nitro groups is 1. The Hall–Kier alpha value is -4.41. The zero-order valence-corrected chi connectivity index (χ0v) is 16.1. The van der Waals surface area contributed by atoms with Crippen LogP contribution in [0.1, 0.15) is 11.1 Å². The molecule has 1 saturated heterocycles. The van der Waals surface area contributed by atoms with Crippen molar-refractivity contribution in [3.05, 3.63) is 63.2 Å². The second-order valence-corrected chi connectivity index (χ2v) is 6.58. The summed E-state index contributed by atoms with van der Waals surface area (Å²) in [5.74, 6) is -0.801. The number of hydrogen-bond donors (Lipinski definition) is 1. The number of barbiturate groups is 1. The summed E-state index contributed by atoms with van der Waals surface area (Å²) in [6, 6.07) is 8.24. The van der Waals surface area contributed by atoms with Gasteiger partial charge in [0.15, 0.2) is 11.5 Å². The van der Waals surface area contributed by atoms with Crippen molar-refractivity contribution < 1.29 is 33.5 Å².